The van der Waals surface area contributed by atoms with Crippen LogP contribution in [0, 0.1) is 5.92 Å². The number of pyridine rings is 1. The molecule has 1 aromatic heterocycles. The molecule has 0 saturated heterocycles. The highest BCUT2D eigenvalue weighted by Crippen LogP contribution is 2.16. The molecule has 2 bridgehead atoms. The lowest BCUT2D eigenvalue weighted by molar-refractivity contribution is -0.132. The molecule has 3 heterocycles. The second-order valence-electron chi connectivity index (χ2n) is 12.3. The highest BCUT2D eigenvalue weighted by atomic mass is 16.5. The zero-order valence-corrected chi connectivity index (χ0v) is 28.5. The lowest BCUT2D eigenvalue weighted by atomic mass is 9.96. The summed E-state index contributed by atoms with van der Waals surface area (Å²) < 4.78 is 5.25. The molecule has 12 heteroatoms. The fourth-order valence-electron chi connectivity index (χ4n) is 5.48. The van der Waals surface area contributed by atoms with E-state index in [0.717, 1.165) is 11.1 Å². The third kappa shape index (κ3) is 10.4. The van der Waals surface area contributed by atoms with E-state index in [-0.39, 0.29) is 24.2 Å². The molecule has 1 unspecified atom stereocenters. The molecule has 5 amide bonds. The van der Waals surface area contributed by atoms with Crippen LogP contribution in [0.2, 0.25) is 0 Å². The van der Waals surface area contributed by atoms with Crippen LogP contribution < -0.4 is 26.0 Å². The molecule has 4 atom stereocenters. The summed E-state index contributed by atoms with van der Waals surface area (Å²) >= 11 is 0. The van der Waals surface area contributed by atoms with E-state index in [0.29, 0.717) is 55.8 Å². The first kappa shape index (κ1) is 36.6. The maximum Gasteiger partial charge on any atom is 0.254 e. The zero-order valence-electron chi connectivity index (χ0n) is 28.5. The Bertz CT molecular complexity index is 1580. The van der Waals surface area contributed by atoms with Crippen molar-refractivity contribution in [2.24, 2.45) is 5.92 Å². The number of carbonyl (C=O) groups excluding carboxylic acids is 5. The van der Waals surface area contributed by atoms with Gasteiger partial charge in [-0.3, -0.25) is 29.0 Å². The van der Waals surface area contributed by atoms with Gasteiger partial charge in [-0.25, -0.2) is 0 Å². The standard InChI is InChI=1S/C37H46N6O6/c1-5-24(2)32-36(47)41-31(22-26-10-14-30(49-4)15-11-26)35(46)40-25(3)33(44)39-18-6-7-21-43(37(48)29-16-19-38-20-17-29)23-27-8-12-28(13-9-27)34(45)42-32/h8-17,19-20,24-25,31-32H,5-7,18,21-23H2,1-4H3,(H,39,44)(H,40,46)(H,41,47)(H,42,45)/t24-,25+,31-,32?/m0/s1. The molecule has 49 heavy (non-hydrogen) atoms. The van der Waals surface area contributed by atoms with Gasteiger partial charge in [-0.15, -0.1) is 0 Å². The molecule has 2 aromatic carbocycles. The number of hydrogen-bond acceptors (Lipinski definition) is 7. The molecule has 3 aromatic rings. The Morgan fingerprint density at radius 2 is 1.59 bits per heavy atom. The summed E-state index contributed by atoms with van der Waals surface area (Å²) in [5.41, 5.74) is 2.46. The maximum absolute atomic E-state index is 13.8. The van der Waals surface area contributed by atoms with Crippen molar-refractivity contribution in [2.75, 3.05) is 20.2 Å². The zero-order chi connectivity index (χ0) is 35.3. The molecule has 0 aliphatic carbocycles. The van der Waals surface area contributed by atoms with Crippen LogP contribution in [0.15, 0.2) is 73.1 Å². The number of hydrogen-bond donors (Lipinski definition) is 4. The van der Waals surface area contributed by atoms with Crippen molar-refractivity contribution in [1.29, 1.82) is 0 Å². The van der Waals surface area contributed by atoms with Crippen LogP contribution >= 0.6 is 0 Å². The van der Waals surface area contributed by atoms with E-state index in [1.54, 1.807) is 92.0 Å². The molecule has 2 aliphatic heterocycles. The van der Waals surface area contributed by atoms with Crippen molar-refractivity contribution in [3.63, 3.8) is 0 Å². The molecule has 5 rings (SSSR count). The van der Waals surface area contributed by atoms with Crippen molar-refractivity contribution in [2.45, 2.75) is 71.1 Å². The van der Waals surface area contributed by atoms with Gasteiger partial charge >= 0.3 is 0 Å². The predicted molar refractivity (Wildman–Crippen MR) is 185 cm³/mol. The van der Waals surface area contributed by atoms with Crippen LogP contribution in [0.1, 0.15) is 71.9 Å². The number of benzene rings is 2. The van der Waals surface area contributed by atoms with Gasteiger partial charge in [-0.1, -0.05) is 44.5 Å². The van der Waals surface area contributed by atoms with Gasteiger partial charge in [0.15, 0.2) is 0 Å². The van der Waals surface area contributed by atoms with Gasteiger partial charge in [-0.2, -0.15) is 0 Å². The first-order chi connectivity index (χ1) is 23.6. The first-order valence-electron chi connectivity index (χ1n) is 16.7. The smallest absolute Gasteiger partial charge is 0.254 e. The Morgan fingerprint density at radius 1 is 0.898 bits per heavy atom. The van der Waals surface area contributed by atoms with Crippen LogP contribution in [0.25, 0.3) is 0 Å². The van der Waals surface area contributed by atoms with Crippen LogP contribution in [0.5, 0.6) is 5.75 Å². The predicted octanol–water partition coefficient (Wildman–Crippen LogP) is 3.02. The summed E-state index contributed by atoms with van der Waals surface area (Å²) in [5.74, 6) is -1.63. The fraction of sp³-hybridized carbons (Fsp3) is 0.405. The molecule has 260 valence electrons. The van der Waals surface area contributed by atoms with E-state index < -0.39 is 35.8 Å². The second kappa shape index (κ2) is 17.8. The lowest BCUT2D eigenvalue weighted by Gasteiger charge is -2.27. The van der Waals surface area contributed by atoms with Crippen LogP contribution in [0.4, 0.5) is 0 Å². The molecular formula is C37H46N6O6. The largest absolute Gasteiger partial charge is 0.497 e. The minimum absolute atomic E-state index is 0.146. The number of aromatic nitrogens is 1. The third-order valence-electron chi connectivity index (χ3n) is 8.72. The number of fused-ring (bicyclic) bond motifs is 18. The van der Waals surface area contributed by atoms with Gasteiger partial charge in [0, 0.05) is 49.6 Å². The summed E-state index contributed by atoms with van der Waals surface area (Å²) in [6.07, 6.45) is 5.09. The van der Waals surface area contributed by atoms with Crippen LogP contribution in [0.3, 0.4) is 0 Å². The number of rotatable bonds is 6. The van der Waals surface area contributed by atoms with Crippen molar-refractivity contribution < 1.29 is 28.7 Å². The molecule has 2 aliphatic rings. The number of nitrogens with zero attached hydrogens (tertiary/aromatic N) is 2. The van der Waals surface area contributed by atoms with Gasteiger partial charge in [0.25, 0.3) is 11.8 Å². The molecule has 0 saturated carbocycles. The van der Waals surface area contributed by atoms with Gasteiger partial charge in [0.05, 0.1) is 7.11 Å². The maximum atomic E-state index is 13.8. The van der Waals surface area contributed by atoms with E-state index in [4.69, 9.17) is 4.74 Å². The van der Waals surface area contributed by atoms with Crippen LogP contribution in [-0.2, 0) is 27.3 Å². The fourth-order valence-corrected chi connectivity index (χ4v) is 5.48. The summed E-state index contributed by atoms with van der Waals surface area (Å²) in [4.78, 5) is 73.0. The number of ether oxygens (including phenoxy) is 1. The van der Waals surface area contributed by atoms with Gasteiger partial charge in [0.1, 0.15) is 23.9 Å². The van der Waals surface area contributed by atoms with Crippen LogP contribution in [-0.4, -0.2) is 77.7 Å². The van der Waals surface area contributed by atoms with Gasteiger partial charge in [-0.05, 0) is 73.2 Å². The number of methoxy groups -OCH3 is 1. The van der Waals surface area contributed by atoms with Gasteiger partial charge < -0.3 is 30.9 Å². The highest BCUT2D eigenvalue weighted by molar-refractivity contribution is 5.99. The Labute approximate surface area is 287 Å². The number of amides is 5. The molecular weight excluding hydrogens is 624 g/mol. The summed E-state index contributed by atoms with van der Waals surface area (Å²) in [6.45, 7) is 6.45. The lowest BCUT2D eigenvalue weighted by Crippen LogP contribution is -2.58. The normalized spacial score (nSPS) is 20.6. The number of carbonyl (C=O) groups is 5. The van der Waals surface area contributed by atoms with E-state index in [9.17, 15) is 24.0 Å². The van der Waals surface area contributed by atoms with E-state index in [1.807, 2.05) is 13.8 Å². The molecule has 0 radical (unpaired) electrons. The minimum atomic E-state index is -1.03. The summed E-state index contributed by atoms with van der Waals surface area (Å²) in [6, 6.07) is 14.5. The second-order valence-corrected chi connectivity index (χ2v) is 12.3. The quantitative estimate of drug-likeness (QED) is 0.294. The van der Waals surface area contributed by atoms with E-state index >= 15 is 0 Å². The Balaban J connectivity index is 1.61. The van der Waals surface area contributed by atoms with E-state index in [2.05, 4.69) is 26.3 Å². The van der Waals surface area contributed by atoms with Crippen molar-refractivity contribution in [3.05, 3.63) is 95.3 Å². The Morgan fingerprint density at radius 3 is 2.24 bits per heavy atom. The molecule has 0 fully saturated rings. The SMILES string of the molecule is CC[C@H](C)C1NC(=O)c2ccc(cc2)CN(C(=O)c2ccncc2)CCCCNC(=O)[C@@H](C)NC(=O)[C@H](Cc2ccc(OC)cc2)NC1=O. The van der Waals surface area contributed by atoms with Crippen molar-refractivity contribution in [1.82, 2.24) is 31.2 Å². The van der Waals surface area contributed by atoms with Crippen molar-refractivity contribution in [3.8, 4) is 5.75 Å². The third-order valence-corrected chi connectivity index (χ3v) is 8.72. The summed E-state index contributed by atoms with van der Waals surface area (Å²) in [5, 5.41) is 11.3. The Hall–Kier alpha value is -5.26. The average molecular weight is 671 g/mol. The Kier molecular flexibility index (Phi) is 13.3. The first-order valence-corrected chi connectivity index (χ1v) is 16.7. The summed E-state index contributed by atoms with van der Waals surface area (Å²) in [7, 11) is 1.56. The number of nitrogens with one attached hydrogen (secondary N) is 4. The highest BCUT2D eigenvalue weighted by Gasteiger charge is 2.31. The monoisotopic (exact) mass is 670 g/mol. The average Bonchev–Trinajstić information content (AvgIpc) is 3.12. The topological polar surface area (TPSA) is 159 Å². The van der Waals surface area contributed by atoms with E-state index in [1.165, 1.54) is 0 Å². The van der Waals surface area contributed by atoms with Gasteiger partial charge in [0.2, 0.25) is 17.7 Å². The molecule has 4 N–H and O–H groups in total. The molecule has 12 nitrogen and oxygen atoms in total. The molecule has 0 spiro atoms. The minimum Gasteiger partial charge on any atom is -0.497 e. The van der Waals surface area contributed by atoms with Crippen molar-refractivity contribution >= 4 is 29.5 Å².